The minimum absolute atomic E-state index is 0.0976. The molecule has 1 saturated heterocycles. The Labute approximate surface area is 210 Å². The molecule has 0 bridgehead atoms. The number of carbonyl (C=O) groups excluding carboxylic acids is 1. The SMILES string of the molecule is Cc1ccccc1C(=O)N1CCCC(c2nc3ccc(-c4cccnc4)cn3n2)C1.O=C(O)C(F)(F)F. The Morgan fingerprint density at radius 1 is 1.05 bits per heavy atom. The van der Waals surface area contributed by atoms with Crippen LogP contribution in [-0.4, -0.2) is 60.7 Å². The molecule has 1 aliphatic rings. The molecule has 1 fully saturated rings. The number of aromatic nitrogens is 4. The number of piperidine rings is 1. The number of aliphatic carboxylic acids is 1. The molecule has 1 unspecified atom stereocenters. The van der Waals surface area contributed by atoms with E-state index in [0.29, 0.717) is 6.54 Å². The Kier molecular flexibility index (Phi) is 7.51. The fourth-order valence-electron chi connectivity index (χ4n) is 4.13. The first-order valence-corrected chi connectivity index (χ1v) is 11.5. The van der Waals surface area contributed by atoms with Gasteiger partial charge in [0, 0.05) is 54.3 Å². The maximum absolute atomic E-state index is 13.0. The van der Waals surface area contributed by atoms with Crippen LogP contribution < -0.4 is 0 Å². The lowest BCUT2D eigenvalue weighted by molar-refractivity contribution is -0.192. The van der Waals surface area contributed by atoms with Gasteiger partial charge in [0.1, 0.15) is 0 Å². The maximum atomic E-state index is 13.0. The van der Waals surface area contributed by atoms with Crippen molar-refractivity contribution in [3.8, 4) is 11.1 Å². The number of halogens is 3. The first-order valence-electron chi connectivity index (χ1n) is 11.5. The lowest BCUT2D eigenvalue weighted by Crippen LogP contribution is -2.39. The summed E-state index contributed by atoms with van der Waals surface area (Å²) in [5.41, 5.74) is 4.71. The zero-order chi connectivity index (χ0) is 26.6. The third kappa shape index (κ3) is 6.11. The summed E-state index contributed by atoms with van der Waals surface area (Å²) in [6.45, 7) is 3.42. The highest BCUT2D eigenvalue weighted by atomic mass is 19.4. The molecular weight excluding hydrogens is 487 g/mol. The van der Waals surface area contributed by atoms with Crippen molar-refractivity contribution in [2.75, 3.05) is 13.1 Å². The summed E-state index contributed by atoms with van der Waals surface area (Å²) < 4.78 is 33.6. The average molecular weight is 512 g/mol. The van der Waals surface area contributed by atoms with Crippen LogP contribution in [0.3, 0.4) is 0 Å². The first kappa shape index (κ1) is 25.8. The van der Waals surface area contributed by atoms with E-state index < -0.39 is 12.1 Å². The summed E-state index contributed by atoms with van der Waals surface area (Å²) in [7, 11) is 0. The van der Waals surface area contributed by atoms with Crippen LogP contribution in [0.1, 0.15) is 40.5 Å². The van der Waals surface area contributed by atoms with Crippen LogP contribution in [-0.2, 0) is 4.79 Å². The normalized spacial score (nSPS) is 15.7. The molecule has 0 radical (unpaired) electrons. The monoisotopic (exact) mass is 511 g/mol. The zero-order valence-electron chi connectivity index (χ0n) is 19.9. The Morgan fingerprint density at radius 2 is 1.81 bits per heavy atom. The highest BCUT2D eigenvalue weighted by molar-refractivity contribution is 5.95. The van der Waals surface area contributed by atoms with Gasteiger partial charge in [0.25, 0.3) is 5.91 Å². The molecule has 0 spiro atoms. The van der Waals surface area contributed by atoms with Gasteiger partial charge >= 0.3 is 12.1 Å². The van der Waals surface area contributed by atoms with Crippen molar-refractivity contribution in [1.82, 2.24) is 24.5 Å². The molecule has 0 saturated carbocycles. The molecule has 1 atom stereocenters. The summed E-state index contributed by atoms with van der Waals surface area (Å²) >= 11 is 0. The third-order valence-corrected chi connectivity index (χ3v) is 6.03. The van der Waals surface area contributed by atoms with E-state index >= 15 is 0 Å². The predicted octanol–water partition coefficient (Wildman–Crippen LogP) is 4.75. The number of carboxylic acids is 1. The molecule has 3 aromatic heterocycles. The molecule has 1 amide bonds. The summed E-state index contributed by atoms with van der Waals surface area (Å²) in [6.07, 6.45) is 2.46. The molecule has 0 aliphatic carbocycles. The van der Waals surface area contributed by atoms with Crippen LogP contribution in [0, 0.1) is 6.92 Å². The van der Waals surface area contributed by atoms with Crippen molar-refractivity contribution in [2.45, 2.75) is 31.9 Å². The van der Waals surface area contributed by atoms with Crippen molar-refractivity contribution < 1.29 is 27.9 Å². The Hall–Kier alpha value is -4.28. The third-order valence-electron chi connectivity index (χ3n) is 6.03. The van der Waals surface area contributed by atoms with E-state index in [1.54, 1.807) is 6.20 Å². The van der Waals surface area contributed by atoms with Crippen molar-refractivity contribution in [3.63, 3.8) is 0 Å². The first-order chi connectivity index (χ1) is 17.6. The molecule has 5 rings (SSSR count). The lowest BCUT2D eigenvalue weighted by Gasteiger charge is -2.31. The van der Waals surface area contributed by atoms with E-state index in [-0.39, 0.29) is 11.8 Å². The Bertz CT molecular complexity index is 1410. The van der Waals surface area contributed by atoms with Gasteiger partial charge in [0.05, 0.1) is 0 Å². The number of hydrogen-bond acceptors (Lipinski definition) is 5. The Morgan fingerprint density at radius 3 is 2.49 bits per heavy atom. The fourth-order valence-corrected chi connectivity index (χ4v) is 4.13. The number of hydrogen-bond donors (Lipinski definition) is 1. The van der Waals surface area contributed by atoms with Gasteiger partial charge in [-0.3, -0.25) is 9.78 Å². The number of amides is 1. The molecule has 8 nitrogen and oxygen atoms in total. The summed E-state index contributed by atoms with van der Waals surface area (Å²) in [6, 6.07) is 15.8. The number of carbonyl (C=O) groups is 2. The standard InChI is InChI=1S/C24H23N5O.C2HF3O2/c1-17-6-2-3-9-21(17)24(30)28-13-5-8-20(15-28)23-26-22-11-10-19(16-29(22)27-23)18-7-4-12-25-14-18;3-2(4,5)1(6)7/h2-4,6-7,9-12,14,16,20H,5,8,13,15H2,1H3;(H,6,7). The van der Waals surface area contributed by atoms with Crippen LogP contribution in [0.5, 0.6) is 0 Å². The molecule has 192 valence electrons. The number of likely N-dealkylation sites (tertiary alicyclic amines) is 1. The second-order valence-corrected chi connectivity index (χ2v) is 8.64. The molecule has 11 heteroatoms. The number of aryl methyl sites for hydroxylation is 1. The van der Waals surface area contributed by atoms with Gasteiger partial charge in [-0.1, -0.05) is 24.3 Å². The number of benzene rings is 1. The topological polar surface area (TPSA) is 101 Å². The Balaban J connectivity index is 0.000000405. The fraction of sp³-hybridized carbons (Fsp3) is 0.269. The maximum Gasteiger partial charge on any atom is 0.490 e. The zero-order valence-corrected chi connectivity index (χ0v) is 19.9. The quantitative estimate of drug-likeness (QED) is 0.426. The van der Waals surface area contributed by atoms with Crippen molar-refractivity contribution in [1.29, 1.82) is 0 Å². The van der Waals surface area contributed by atoms with Gasteiger partial charge in [0.15, 0.2) is 11.5 Å². The molecular formula is C26H24F3N5O3. The predicted molar refractivity (Wildman–Crippen MR) is 129 cm³/mol. The van der Waals surface area contributed by atoms with Crippen LogP contribution in [0.4, 0.5) is 13.2 Å². The summed E-state index contributed by atoms with van der Waals surface area (Å²) in [5.74, 6) is -1.71. The van der Waals surface area contributed by atoms with Gasteiger partial charge in [-0.15, -0.1) is 0 Å². The van der Waals surface area contributed by atoms with Gasteiger partial charge < -0.3 is 10.0 Å². The van der Waals surface area contributed by atoms with Crippen LogP contribution >= 0.6 is 0 Å². The minimum atomic E-state index is -5.08. The van der Waals surface area contributed by atoms with Gasteiger partial charge in [-0.05, 0) is 49.6 Å². The van der Waals surface area contributed by atoms with Crippen LogP contribution in [0.15, 0.2) is 67.1 Å². The van der Waals surface area contributed by atoms with E-state index in [2.05, 4.69) is 4.98 Å². The number of alkyl halides is 3. The van der Waals surface area contributed by atoms with Crippen molar-refractivity contribution >= 4 is 17.5 Å². The van der Waals surface area contributed by atoms with Crippen molar-refractivity contribution in [2.24, 2.45) is 0 Å². The van der Waals surface area contributed by atoms with E-state index in [9.17, 15) is 18.0 Å². The molecule has 1 aliphatic heterocycles. The van der Waals surface area contributed by atoms with E-state index in [1.807, 2.05) is 77.3 Å². The van der Waals surface area contributed by atoms with Crippen LogP contribution in [0.2, 0.25) is 0 Å². The summed E-state index contributed by atoms with van der Waals surface area (Å²) in [5, 5.41) is 11.9. The number of fused-ring (bicyclic) bond motifs is 1. The molecule has 4 aromatic rings. The van der Waals surface area contributed by atoms with Crippen LogP contribution in [0.25, 0.3) is 16.8 Å². The van der Waals surface area contributed by atoms with Crippen molar-refractivity contribution in [3.05, 3.63) is 84.1 Å². The van der Waals surface area contributed by atoms with E-state index in [4.69, 9.17) is 20.0 Å². The highest BCUT2D eigenvalue weighted by Gasteiger charge is 2.38. The molecule has 1 aromatic carbocycles. The van der Waals surface area contributed by atoms with Gasteiger partial charge in [-0.2, -0.15) is 18.3 Å². The number of nitrogens with zero attached hydrogens (tertiary/aromatic N) is 5. The minimum Gasteiger partial charge on any atom is -0.475 e. The molecule has 4 heterocycles. The highest BCUT2D eigenvalue weighted by Crippen LogP contribution is 2.27. The smallest absolute Gasteiger partial charge is 0.475 e. The van der Waals surface area contributed by atoms with Gasteiger partial charge in [-0.25, -0.2) is 14.3 Å². The second-order valence-electron chi connectivity index (χ2n) is 8.64. The largest absolute Gasteiger partial charge is 0.490 e. The molecule has 37 heavy (non-hydrogen) atoms. The second kappa shape index (κ2) is 10.8. The number of carboxylic acid groups (broad SMARTS) is 1. The van der Waals surface area contributed by atoms with E-state index in [0.717, 1.165) is 53.1 Å². The summed E-state index contributed by atoms with van der Waals surface area (Å²) in [4.78, 5) is 32.8. The number of rotatable bonds is 3. The van der Waals surface area contributed by atoms with E-state index in [1.165, 1.54) is 0 Å². The van der Waals surface area contributed by atoms with Gasteiger partial charge in [0.2, 0.25) is 0 Å². The average Bonchev–Trinajstić information content (AvgIpc) is 3.33. The lowest BCUT2D eigenvalue weighted by atomic mass is 9.96. The molecule has 1 N–H and O–H groups in total. The number of pyridine rings is 2.